The Morgan fingerprint density at radius 2 is 1.55 bits per heavy atom. The Kier molecular flexibility index (Phi) is 6.62. The quantitative estimate of drug-likeness (QED) is 0.389. The van der Waals surface area contributed by atoms with Crippen LogP contribution in [0.1, 0.15) is 0 Å². The van der Waals surface area contributed by atoms with Crippen molar-refractivity contribution >= 4 is 39.0 Å². The predicted octanol–water partition coefficient (Wildman–Crippen LogP) is 2.61. The summed E-state index contributed by atoms with van der Waals surface area (Å²) < 4.78 is 41.0. The maximum Gasteiger partial charge on any atom is 0.296 e. The van der Waals surface area contributed by atoms with Gasteiger partial charge in [-0.25, -0.2) is 10.1 Å². The van der Waals surface area contributed by atoms with Crippen molar-refractivity contribution in [2.75, 3.05) is 36.7 Å². The third-order valence-corrected chi connectivity index (χ3v) is 4.52. The molecule has 0 spiro atoms. The molecule has 0 radical (unpaired) electrons. The number of ether oxygens (including phenoxy) is 3. The Labute approximate surface area is 179 Å². The third-order valence-electron chi connectivity index (χ3n) is 4.02. The van der Waals surface area contributed by atoms with Gasteiger partial charge in [-0.2, -0.15) is 13.4 Å². The van der Waals surface area contributed by atoms with Gasteiger partial charge in [0.05, 0.1) is 32.7 Å². The van der Waals surface area contributed by atoms with E-state index in [-0.39, 0.29) is 11.6 Å². The number of rotatable bonds is 9. The molecule has 3 rings (SSSR count). The van der Waals surface area contributed by atoms with E-state index in [9.17, 15) is 8.42 Å². The van der Waals surface area contributed by atoms with Gasteiger partial charge in [0.2, 0.25) is 11.7 Å². The van der Waals surface area contributed by atoms with Crippen LogP contribution in [0.4, 0.5) is 28.8 Å². The molecule has 12 heteroatoms. The minimum absolute atomic E-state index is 0.280. The minimum Gasteiger partial charge on any atom is -0.493 e. The van der Waals surface area contributed by atoms with Crippen LogP contribution in [0.3, 0.4) is 0 Å². The van der Waals surface area contributed by atoms with E-state index >= 15 is 0 Å². The van der Waals surface area contributed by atoms with Crippen molar-refractivity contribution in [1.82, 2.24) is 9.97 Å². The number of methoxy groups -OCH3 is 3. The van der Waals surface area contributed by atoms with Gasteiger partial charge in [0.25, 0.3) is 10.2 Å². The number of aromatic nitrogens is 2. The van der Waals surface area contributed by atoms with Gasteiger partial charge in [-0.3, -0.25) is 4.72 Å². The average Bonchev–Trinajstić information content (AvgIpc) is 2.73. The zero-order valence-corrected chi connectivity index (χ0v) is 17.9. The van der Waals surface area contributed by atoms with Gasteiger partial charge in [-0.1, -0.05) is 12.1 Å². The Hall–Kier alpha value is -3.77. The van der Waals surface area contributed by atoms with E-state index in [1.54, 1.807) is 48.7 Å². The van der Waals surface area contributed by atoms with Crippen LogP contribution in [-0.2, 0) is 10.2 Å². The van der Waals surface area contributed by atoms with E-state index in [0.29, 0.717) is 34.4 Å². The molecule has 3 aromatic rings. The summed E-state index contributed by atoms with van der Waals surface area (Å²) in [6.07, 6.45) is 1.55. The highest BCUT2D eigenvalue weighted by Gasteiger charge is 2.14. The SMILES string of the molecule is COc1cc(Nc2nccc(Nc3ccccc3NS(N)(=O)=O)n2)cc(OC)c1OC. The molecular formula is C19H22N6O5S. The van der Waals surface area contributed by atoms with Gasteiger partial charge in [0.15, 0.2) is 11.5 Å². The van der Waals surface area contributed by atoms with Crippen LogP contribution in [0, 0.1) is 0 Å². The lowest BCUT2D eigenvalue weighted by Gasteiger charge is -2.15. The summed E-state index contributed by atoms with van der Waals surface area (Å²) in [4.78, 5) is 8.60. The molecule has 0 saturated heterocycles. The van der Waals surface area contributed by atoms with Crippen molar-refractivity contribution in [3.63, 3.8) is 0 Å². The summed E-state index contributed by atoms with van der Waals surface area (Å²) in [6.45, 7) is 0. The topological polar surface area (TPSA) is 150 Å². The molecule has 31 heavy (non-hydrogen) atoms. The highest BCUT2D eigenvalue weighted by atomic mass is 32.2. The molecule has 0 saturated carbocycles. The fourth-order valence-corrected chi connectivity index (χ4v) is 3.23. The first-order valence-corrected chi connectivity index (χ1v) is 10.4. The standard InChI is InChI=1S/C19H22N6O5S/c1-28-15-10-12(11-16(29-2)18(15)30-3)22-19-21-9-8-17(24-19)23-13-6-4-5-7-14(13)25-31(20,26)27/h4-11,25H,1-3H3,(H2,20,26,27)(H2,21,22,23,24). The van der Waals surface area contributed by atoms with Gasteiger partial charge in [0, 0.05) is 24.0 Å². The van der Waals surface area contributed by atoms with Crippen LogP contribution in [-0.4, -0.2) is 39.7 Å². The molecule has 164 valence electrons. The molecule has 0 amide bonds. The molecule has 2 aromatic carbocycles. The van der Waals surface area contributed by atoms with Gasteiger partial charge < -0.3 is 24.8 Å². The second kappa shape index (κ2) is 9.36. The highest BCUT2D eigenvalue weighted by molar-refractivity contribution is 7.90. The van der Waals surface area contributed by atoms with Gasteiger partial charge >= 0.3 is 0 Å². The van der Waals surface area contributed by atoms with Gasteiger partial charge in [0.1, 0.15) is 5.82 Å². The smallest absolute Gasteiger partial charge is 0.296 e. The molecular weight excluding hydrogens is 424 g/mol. The number of anilines is 5. The lowest BCUT2D eigenvalue weighted by atomic mass is 10.2. The lowest BCUT2D eigenvalue weighted by molar-refractivity contribution is 0.324. The number of para-hydroxylation sites is 2. The Bertz CT molecular complexity index is 1150. The largest absolute Gasteiger partial charge is 0.493 e. The molecule has 0 atom stereocenters. The van der Waals surface area contributed by atoms with Crippen molar-refractivity contribution in [2.45, 2.75) is 0 Å². The molecule has 0 bridgehead atoms. The summed E-state index contributed by atoms with van der Waals surface area (Å²) in [7, 11) is 0.639. The molecule has 1 heterocycles. The Morgan fingerprint density at radius 3 is 2.13 bits per heavy atom. The fraction of sp³-hybridized carbons (Fsp3) is 0.158. The molecule has 0 fully saturated rings. The van der Waals surface area contributed by atoms with Crippen molar-refractivity contribution in [2.24, 2.45) is 5.14 Å². The lowest BCUT2D eigenvalue weighted by Crippen LogP contribution is -2.22. The average molecular weight is 446 g/mol. The van der Waals surface area contributed by atoms with E-state index in [4.69, 9.17) is 19.3 Å². The van der Waals surface area contributed by atoms with Crippen molar-refractivity contribution in [3.8, 4) is 17.2 Å². The first-order valence-electron chi connectivity index (χ1n) is 8.89. The van der Waals surface area contributed by atoms with Crippen molar-refractivity contribution in [1.29, 1.82) is 0 Å². The fourth-order valence-electron chi connectivity index (χ4n) is 2.74. The van der Waals surface area contributed by atoms with E-state index < -0.39 is 10.2 Å². The van der Waals surface area contributed by atoms with Crippen LogP contribution in [0.2, 0.25) is 0 Å². The molecule has 5 N–H and O–H groups in total. The molecule has 11 nitrogen and oxygen atoms in total. The maximum atomic E-state index is 11.4. The first-order chi connectivity index (χ1) is 14.8. The van der Waals surface area contributed by atoms with Gasteiger partial charge in [-0.05, 0) is 18.2 Å². The Morgan fingerprint density at radius 1 is 0.903 bits per heavy atom. The normalized spacial score (nSPS) is 10.8. The van der Waals surface area contributed by atoms with E-state index in [2.05, 4.69) is 25.3 Å². The van der Waals surface area contributed by atoms with Crippen molar-refractivity contribution < 1.29 is 22.6 Å². The summed E-state index contributed by atoms with van der Waals surface area (Å²) in [5, 5.41) is 11.2. The summed E-state index contributed by atoms with van der Waals surface area (Å²) in [5.74, 6) is 2.12. The van der Waals surface area contributed by atoms with E-state index in [1.165, 1.54) is 21.3 Å². The zero-order chi connectivity index (χ0) is 22.4. The van der Waals surface area contributed by atoms with Crippen LogP contribution in [0.25, 0.3) is 0 Å². The molecule has 1 aromatic heterocycles. The number of hydrogen-bond donors (Lipinski definition) is 4. The van der Waals surface area contributed by atoms with Crippen molar-refractivity contribution in [3.05, 3.63) is 48.7 Å². The van der Waals surface area contributed by atoms with E-state index in [0.717, 1.165) is 0 Å². The highest BCUT2D eigenvalue weighted by Crippen LogP contribution is 2.40. The molecule has 0 aliphatic carbocycles. The first kappa shape index (κ1) is 21.9. The van der Waals surface area contributed by atoms with Gasteiger partial charge in [-0.15, -0.1) is 0 Å². The predicted molar refractivity (Wildman–Crippen MR) is 118 cm³/mol. The number of nitrogens with two attached hydrogens (primary N) is 1. The number of hydrogen-bond acceptors (Lipinski definition) is 9. The maximum absolute atomic E-state index is 11.4. The van der Waals surface area contributed by atoms with Crippen LogP contribution < -0.4 is 34.7 Å². The summed E-state index contributed by atoms with van der Waals surface area (Å²) in [6, 6.07) is 11.7. The number of nitrogens with zero attached hydrogens (tertiary/aromatic N) is 2. The molecule has 0 aliphatic heterocycles. The Balaban J connectivity index is 1.86. The second-order valence-corrected chi connectivity index (χ2v) is 7.42. The van der Waals surface area contributed by atoms with Crippen LogP contribution in [0.5, 0.6) is 17.2 Å². The molecule has 0 unspecified atom stereocenters. The third kappa shape index (κ3) is 5.65. The summed E-state index contributed by atoms with van der Waals surface area (Å²) >= 11 is 0. The number of benzene rings is 2. The second-order valence-electron chi connectivity index (χ2n) is 6.12. The van der Waals surface area contributed by atoms with Crippen LogP contribution in [0.15, 0.2) is 48.7 Å². The van der Waals surface area contributed by atoms with E-state index in [1.807, 2.05) is 0 Å². The van der Waals surface area contributed by atoms with Crippen LogP contribution >= 0.6 is 0 Å². The minimum atomic E-state index is -3.93. The number of nitrogens with one attached hydrogen (secondary N) is 3. The molecule has 0 aliphatic rings. The monoisotopic (exact) mass is 446 g/mol. The summed E-state index contributed by atoms with van der Waals surface area (Å²) in [5.41, 5.74) is 1.36. The zero-order valence-electron chi connectivity index (χ0n) is 17.0.